The summed E-state index contributed by atoms with van der Waals surface area (Å²) in [5.74, 6) is 0.841. The van der Waals surface area contributed by atoms with Gasteiger partial charge in [0.25, 0.3) is 5.89 Å². The SMILES string of the molecule is Cc1ccc(S(=O)(=O)N2CCCCC2)cc1-c1nc(C2(N)CCCC2)no1.Cl. The van der Waals surface area contributed by atoms with E-state index in [4.69, 9.17) is 10.3 Å². The zero-order chi connectivity index (χ0) is 19.1. The van der Waals surface area contributed by atoms with Gasteiger partial charge in [0, 0.05) is 18.7 Å². The molecule has 1 aromatic carbocycles. The lowest BCUT2D eigenvalue weighted by Crippen LogP contribution is -2.35. The monoisotopic (exact) mass is 426 g/mol. The third-order valence-corrected chi connectivity index (χ3v) is 7.65. The molecule has 2 aliphatic rings. The third-order valence-electron chi connectivity index (χ3n) is 5.76. The van der Waals surface area contributed by atoms with Crippen molar-refractivity contribution in [2.45, 2.75) is 62.3 Å². The molecule has 0 unspecified atom stereocenters. The van der Waals surface area contributed by atoms with Crippen molar-refractivity contribution in [3.05, 3.63) is 29.6 Å². The van der Waals surface area contributed by atoms with E-state index in [1.165, 1.54) is 0 Å². The van der Waals surface area contributed by atoms with E-state index in [1.807, 2.05) is 6.92 Å². The highest BCUT2D eigenvalue weighted by Crippen LogP contribution is 2.36. The van der Waals surface area contributed by atoms with Crippen molar-refractivity contribution < 1.29 is 12.9 Å². The molecule has 1 saturated carbocycles. The Morgan fingerprint density at radius 1 is 1.11 bits per heavy atom. The minimum Gasteiger partial charge on any atom is -0.334 e. The summed E-state index contributed by atoms with van der Waals surface area (Å²) in [5.41, 5.74) is 7.42. The zero-order valence-corrected chi connectivity index (χ0v) is 17.7. The average molecular weight is 427 g/mol. The second-order valence-electron chi connectivity index (χ2n) is 7.73. The fraction of sp³-hybridized carbons (Fsp3) is 0.579. The first kappa shape index (κ1) is 21.2. The molecule has 7 nitrogen and oxygen atoms in total. The molecule has 1 saturated heterocycles. The van der Waals surface area contributed by atoms with E-state index in [-0.39, 0.29) is 17.3 Å². The molecule has 4 rings (SSSR count). The Bertz CT molecular complexity index is 932. The van der Waals surface area contributed by atoms with Crippen molar-refractivity contribution in [2.75, 3.05) is 13.1 Å². The van der Waals surface area contributed by atoms with E-state index in [0.29, 0.717) is 30.4 Å². The van der Waals surface area contributed by atoms with Crippen molar-refractivity contribution in [3.8, 4) is 11.5 Å². The Labute approximate surface area is 172 Å². The van der Waals surface area contributed by atoms with Gasteiger partial charge < -0.3 is 10.3 Å². The van der Waals surface area contributed by atoms with E-state index in [0.717, 1.165) is 50.5 Å². The fourth-order valence-corrected chi connectivity index (χ4v) is 5.55. The molecule has 2 fully saturated rings. The van der Waals surface area contributed by atoms with Gasteiger partial charge in [-0.15, -0.1) is 12.4 Å². The van der Waals surface area contributed by atoms with E-state index in [1.54, 1.807) is 22.5 Å². The van der Waals surface area contributed by atoms with Crippen LogP contribution in [0.4, 0.5) is 0 Å². The number of nitrogens with zero attached hydrogens (tertiary/aromatic N) is 3. The highest BCUT2D eigenvalue weighted by Gasteiger charge is 2.36. The second-order valence-corrected chi connectivity index (χ2v) is 9.67. The number of hydrogen-bond donors (Lipinski definition) is 1. The predicted molar refractivity (Wildman–Crippen MR) is 109 cm³/mol. The normalized spacial score (nSPS) is 20.1. The van der Waals surface area contributed by atoms with Crippen LogP contribution in [0.2, 0.25) is 0 Å². The Hall–Kier alpha value is -1.48. The van der Waals surface area contributed by atoms with Crippen molar-refractivity contribution in [3.63, 3.8) is 0 Å². The van der Waals surface area contributed by atoms with Gasteiger partial charge in [-0.25, -0.2) is 8.42 Å². The number of aromatic nitrogens is 2. The fourth-order valence-electron chi connectivity index (χ4n) is 4.01. The molecule has 0 radical (unpaired) electrons. The van der Waals surface area contributed by atoms with Crippen LogP contribution in [0, 0.1) is 6.92 Å². The Kier molecular flexibility index (Phi) is 6.14. The summed E-state index contributed by atoms with van der Waals surface area (Å²) in [6.45, 7) is 3.06. The molecular formula is C19H27ClN4O3S. The van der Waals surface area contributed by atoms with Gasteiger partial charge in [-0.05, 0) is 50.3 Å². The number of nitrogens with two attached hydrogens (primary N) is 1. The maximum atomic E-state index is 13.0. The lowest BCUT2D eigenvalue weighted by atomic mass is 9.98. The third kappa shape index (κ3) is 3.83. The molecule has 1 aliphatic heterocycles. The highest BCUT2D eigenvalue weighted by atomic mass is 35.5. The van der Waals surface area contributed by atoms with Gasteiger partial charge in [0.15, 0.2) is 5.82 Å². The van der Waals surface area contributed by atoms with Gasteiger partial charge in [-0.3, -0.25) is 0 Å². The summed E-state index contributed by atoms with van der Waals surface area (Å²) in [6, 6.07) is 5.10. The molecule has 0 spiro atoms. The summed E-state index contributed by atoms with van der Waals surface area (Å²) in [7, 11) is -3.51. The van der Waals surface area contributed by atoms with E-state index in [2.05, 4.69) is 10.1 Å². The molecule has 2 N–H and O–H groups in total. The van der Waals surface area contributed by atoms with E-state index in [9.17, 15) is 8.42 Å². The molecule has 154 valence electrons. The number of sulfonamides is 1. The van der Waals surface area contributed by atoms with Crippen molar-refractivity contribution in [2.24, 2.45) is 5.73 Å². The standard InChI is InChI=1S/C19H26N4O3S.ClH/c1-14-7-8-15(27(24,25)23-11-5-2-6-12-23)13-16(14)17-21-18(22-26-17)19(20)9-3-4-10-19;/h7-8,13H,2-6,9-12,20H2,1H3;1H. The summed E-state index contributed by atoms with van der Waals surface area (Å²) in [4.78, 5) is 4.79. The molecule has 1 aromatic heterocycles. The topological polar surface area (TPSA) is 102 Å². The van der Waals surface area contributed by atoms with Crippen LogP contribution in [0.15, 0.2) is 27.6 Å². The quantitative estimate of drug-likeness (QED) is 0.803. The van der Waals surface area contributed by atoms with Crippen LogP contribution in [0.1, 0.15) is 56.3 Å². The molecule has 0 amide bonds. The molecule has 0 atom stereocenters. The van der Waals surface area contributed by atoms with Crippen molar-refractivity contribution in [1.82, 2.24) is 14.4 Å². The summed E-state index contributed by atoms with van der Waals surface area (Å²) in [5, 5.41) is 4.10. The van der Waals surface area contributed by atoms with Gasteiger partial charge in [0.2, 0.25) is 10.0 Å². The zero-order valence-electron chi connectivity index (χ0n) is 16.1. The lowest BCUT2D eigenvalue weighted by molar-refractivity contribution is 0.346. The maximum absolute atomic E-state index is 13.0. The van der Waals surface area contributed by atoms with Gasteiger partial charge in [0.1, 0.15) is 0 Å². The average Bonchev–Trinajstić information content (AvgIpc) is 3.33. The van der Waals surface area contributed by atoms with Crippen LogP contribution < -0.4 is 5.73 Å². The van der Waals surface area contributed by atoms with Crippen molar-refractivity contribution >= 4 is 22.4 Å². The molecule has 2 aromatic rings. The number of halogens is 1. The smallest absolute Gasteiger partial charge is 0.258 e. The minimum atomic E-state index is -3.51. The molecular weight excluding hydrogens is 400 g/mol. The number of piperidine rings is 1. The Morgan fingerprint density at radius 2 is 1.79 bits per heavy atom. The van der Waals surface area contributed by atoms with Crippen LogP contribution in [0.3, 0.4) is 0 Å². The predicted octanol–water partition coefficient (Wildman–Crippen LogP) is 3.37. The van der Waals surface area contributed by atoms with E-state index >= 15 is 0 Å². The van der Waals surface area contributed by atoms with Gasteiger partial charge >= 0.3 is 0 Å². The summed E-state index contributed by atoms with van der Waals surface area (Å²) < 4.78 is 33.0. The number of aryl methyl sites for hydroxylation is 1. The Morgan fingerprint density at radius 3 is 2.46 bits per heavy atom. The summed E-state index contributed by atoms with van der Waals surface area (Å²) >= 11 is 0. The first-order valence-electron chi connectivity index (χ1n) is 9.64. The molecule has 0 bridgehead atoms. The van der Waals surface area contributed by atoms with Gasteiger partial charge in [0.05, 0.1) is 10.4 Å². The van der Waals surface area contributed by atoms with Crippen molar-refractivity contribution in [1.29, 1.82) is 0 Å². The first-order chi connectivity index (χ1) is 12.9. The lowest BCUT2D eigenvalue weighted by Gasteiger charge is -2.26. The molecule has 9 heteroatoms. The second kappa shape index (κ2) is 8.10. The largest absolute Gasteiger partial charge is 0.334 e. The number of rotatable bonds is 4. The van der Waals surface area contributed by atoms with Crippen LogP contribution >= 0.6 is 12.4 Å². The van der Waals surface area contributed by atoms with Crippen LogP contribution in [0.25, 0.3) is 11.5 Å². The van der Waals surface area contributed by atoms with E-state index < -0.39 is 15.6 Å². The van der Waals surface area contributed by atoms with Gasteiger partial charge in [-0.2, -0.15) is 9.29 Å². The highest BCUT2D eigenvalue weighted by molar-refractivity contribution is 7.89. The molecule has 28 heavy (non-hydrogen) atoms. The number of benzene rings is 1. The maximum Gasteiger partial charge on any atom is 0.258 e. The molecule has 1 aliphatic carbocycles. The molecule has 2 heterocycles. The number of hydrogen-bond acceptors (Lipinski definition) is 6. The summed E-state index contributed by atoms with van der Waals surface area (Å²) in [6.07, 6.45) is 6.69. The van der Waals surface area contributed by atoms with Gasteiger partial charge in [-0.1, -0.05) is 30.5 Å². The van der Waals surface area contributed by atoms with Crippen LogP contribution in [-0.4, -0.2) is 36.0 Å². The van der Waals surface area contributed by atoms with Crippen LogP contribution in [-0.2, 0) is 15.6 Å². The minimum absolute atomic E-state index is 0. The Balaban J connectivity index is 0.00000225. The van der Waals surface area contributed by atoms with Crippen LogP contribution in [0.5, 0.6) is 0 Å². The first-order valence-corrected chi connectivity index (χ1v) is 11.1.